The number of carbonyl (C=O) groups is 2. The van der Waals surface area contributed by atoms with Crippen molar-refractivity contribution < 1.29 is 23.8 Å². The Morgan fingerprint density at radius 2 is 1.60 bits per heavy atom. The number of rotatable bonds is 6. The van der Waals surface area contributed by atoms with E-state index in [-0.39, 0.29) is 10.7 Å². The van der Waals surface area contributed by atoms with E-state index in [0.29, 0.717) is 28.5 Å². The minimum Gasteiger partial charge on any atom is -0.493 e. The standard InChI is InChI=1S/C22H22N2O5S/c1-5-13-6-8-15(9-7-13)24-21(26)16(20(25)23-22(24)30)10-14-11-17(27-2)19(29-4)18(12-14)28-3/h6-12H,5H2,1-4H3,(H,23,25,30)/b16-10+. The van der Waals surface area contributed by atoms with Gasteiger partial charge in [0.1, 0.15) is 5.57 Å². The van der Waals surface area contributed by atoms with Gasteiger partial charge < -0.3 is 14.2 Å². The number of amides is 2. The number of methoxy groups -OCH3 is 3. The van der Waals surface area contributed by atoms with Crippen LogP contribution in [0.1, 0.15) is 18.1 Å². The number of hydrogen-bond donors (Lipinski definition) is 1. The lowest BCUT2D eigenvalue weighted by Crippen LogP contribution is -2.54. The molecule has 2 aromatic carbocycles. The second kappa shape index (κ2) is 8.96. The topological polar surface area (TPSA) is 77.1 Å². The summed E-state index contributed by atoms with van der Waals surface area (Å²) in [5.74, 6) is 0.159. The molecule has 7 nitrogen and oxygen atoms in total. The van der Waals surface area contributed by atoms with Crippen molar-refractivity contribution in [1.82, 2.24) is 5.32 Å². The number of nitrogens with one attached hydrogen (secondary N) is 1. The average molecular weight is 426 g/mol. The molecule has 1 heterocycles. The zero-order chi connectivity index (χ0) is 21.8. The highest BCUT2D eigenvalue weighted by atomic mass is 32.1. The lowest BCUT2D eigenvalue weighted by molar-refractivity contribution is -0.122. The molecule has 0 aliphatic carbocycles. The Kier molecular flexibility index (Phi) is 6.37. The lowest BCUT2D eigenvalue weighted by Gasteiger charge is -2.29. The van der Waals surface area contributed by atoms with E-state index in [1.165, 1.54) is 32.3 Å². The predicted octanol–water partition coefficient (Wildman–Crippen LogP) is 3.11. The summed E-state index contributed by atoms with van der Waals surface area (Å²) in [4.78, 5) is 27.0. The van der Waals surface area contributed by atoms with Gasteiger partial charge in [-0.2, -0.15) is 0 Å². The Hall–Kier alpha value is -3.39. The molecule has 1 fully saturated rings. The zero-order valence-electron chi connectivity index (χ0n) is 17.1. The quantitative estimate of drug-likeness (QED) is 0.435. The SMILES string of the molecule is CCc1ccc(N2C(=O)/C(=C/c3cc(OC)c(OC)c(OC)c3)C(=O)NC2=S)cc1. The van der Waals surface area contributed by atoms with Gasteiger partial charge in [-0.05, 0) is 60.1 Å². The summed E-state index contributed by atoms with van der Waals surface area (Å²) in [5.41, 5.74) is 2.19. The van der Waals surface area contributed by atoms with Crippen molar-refractivity contribution in [1.29, 1.82) is 0 Å². The smallest absolute Gasteiger partial charge is 0.270 e. The van der Waals surface area contributed by atoms with Crippen molar-refractivity contribution >= 4 is 40.9 Å². The minimum absolute atomic E-state index is 0.0382. The maximum atomic E-state index is 13.2. The number of anilines is 1. The average Bonchev–Trinajstić information content (AvgIpc) is 2.76. The van der Waals surface area contributed by atoms with E-state index in [9.17, 15) is 9.59 Å². The van der Waals surface area contributed by atoms with E-state index in [2.05, 4.69) is 5.32 Å². The molecule has 1 aliphatic rings. The normalized spacial score (nSPS) is 15.3. The predicted molar refractivity (Wildman–Crippen MR) is 118 cm³/mol. The maximum absolute atomic E-state index is 13.2. The molecule has 1 aliphatic heterocycles. The summed E-state index contributed by atoms with van der Waals surface area (Å²) in [6.07, 6.45) is 2.35. The van der Waals surface area contributed by atoms with Crippen LogP contribution in [0.15, 0.2) is 42.0 Å². The van der Waals surface area contributed by atoms with Crippen LogP contribution in [0.4, 0.5) is 5.69 Å². The fraction of sp³-hybridized carbons (Fsp3) is 0.227. The van der Waals surface area contributed by atoms with Crippen LogP contribution in [0.25, 0.3) is 6.08 Å². The highest BCUT2D eigenvalue weighted by molar-refractivity contribution is 7.80. The summed E-state index contributed by atoms with van der Waals surface area (Å²) >= 11 is 5.24. The fourth-order valence-corrected chi connectivity index (χ4v) is 3.41. The molecule has 2 amide bonds. The highest BCUT2D eigenvalue weighted by Gasteiger charge is 2.34. The molecular weight excluding hydrogens is 404 g/mol. The molecule has 0 bridgehead atoms. The molecule has 8 heteroatoms. The van der Waals surface area contributed by atoms with Crippen LogP contribution in [0.5, 0.6) is 17.2 Å². The minimum atomic E-state index is -0.569. The summed E-state index contributed by atoms with van der Waals surface area (Å²) in [5, 5.41) is 2.62. The maximum Gasteiger partial charge on any atom is 0.270 e. The summed E-state index contributed by atoms with van der Waals surface area (Å²) in [6, 6.07) is 10.8. The first-order valence-electron chi connectivity index (χ1n) is 9.23. The number of hydrogen-bond acceptors (Lipinski definition) is 6. The van der Waals surface area contributed by atoms with E-state index >= 15 is 0 Å². The number of carbonyl (C=O) groups excluding carboxylic acids is 2. The Bertz CT molecular complexity index is 1010. The number of ether oxygens (including phenoxy) is 3. The highest BCUT2D eigenvalue weighted by Crippen LogP contribution is 2.39. The first-order valence-corrected chi connectivity index (χ1v) is 9.64. The Labute approximate surface area is 180 Å². The van der Waals surface area contributed by atoms with E-state index in [0.717, 1.165) is 12.0 Å². The van der Waals surface area contributed by atoms with Crippen LogP contribution in [0.3, 0.4) is 0 Å². The third kappa shape index (κ3) is 3.99. The van der Waals surface area contributed by atoms with Crippen molar-refractivity contribution in [3.8, 4) is 17.2 Å². The van der Waals surface area contributed by atoms with Gasteiger partial charge in [0, 0.05) is 0 Å². The molecule has 3 rings (SSSR count). The van der Waals surface area contributed by atoms with E-state index in [1.54, 1.807) is 24.3 Å². The van der Waals surface area contributed by atoms with Gasteiger partial charge in [-0.1, -0.05) is 19.1 Å². The largest absolute Gasteiger partial charge is 0.493 e. The van der Waals surface area contributed by atoms with Crippen molar-refractivity contribution in [3.63, 3.8) is 0 Å². The van der Waals surface area contributed by atoms with Crippen molar-refractivity contribution in [2.24, 2.45) is 0 Å². The molecule has 0 spiro atoms. The van der Waals surface area contributed by atoms with Crippen molar-refractivity contribution in [2.75, 3.05) is 26.2 Å². The summed E-state index contributed by atoms with van der Waals surface area (Å²) in [7, 11) is 4.49. The van der Waals surface area contributed by atoms with Crippen LogP contribution in [-0.4, -0.2) is 38.3 Å². The summed E-state index contributed by atoms with van der Waals surface area (Å²) in [6.45, 7) is 2.05. The van der Waals surface area contributed by atoms with Crippen LogP contribution in [-0.2, 0) is 16.0 Å². The Balaban J connectivity index is 2.04. The van der Waals surface area contributed by atoms with Crippen LogP contribution < -0.4 is 24.4 Å². The molecular formula is C22H22N2O5S. The third-order valence-corrected chi connectivity index (χ3v) is 4.99. The van der Waals surface area contributed by atoms with Crippen molar-refractivity contribution in [3.05, 3.63) is 53.1 Å². The van der Waals surface area contributed by atoms with Crippen LogP contribution >= 0.6 is 12.2 Å². The number of aryl methyl sites for hydroxylation is 1. The molecule has 0 unspecified atom stereocenters. The molecule has 2 aromatic rings. The van der Waals surface area contributed by atoms with E-state index in [1.807, 2.05) is 19.1 Å². The molecule has 0 radical (unpaired) electrons. The zero-order valence-corrected chi connectivity index (χ0v) is 18.0. The fourth-order valence-electron chi connectivity index (χ4n) is 3.12. The van der Waals surface area contributed by atoms with Gasteiger partial charge in [-0.15, -0.1) is 0 Å². The number of benzene rings is 2. The number of thiocarbonyl (C=S) groups is 1. The molecule has 0 aromatic heterocycles. The first kappa shape index (κ1) is 21.3. The molecule has 1 N–H and O–H groups in total. The van der Waals surface area contributed by atoms with Crippen molar-refractivity contribution in [2.45, 2.75) is 13.3 Å². The third-order valence-electron chi connectivity index (χ3n) is 4.70. The van der Waals surface area contributed by atoms with Gasteiger partial charge in [-0.25, -0.2) is 0 Å². The van der Waals surface area contributed by atoms with Gasteiger partial charge in [0.05, 0.1) is 27.0 Å². The van der Waals surface area contributed by atoms with E-state index in [4.69, 9.17) is 26.4 Å². The van der Waals surface area contributed by atoms with Crippen LogP contribution in [0, 0.1) is 0 Å². The van der Waals surface area contributed by atoms with E-state index < -0.39 is 11.8 Å². The molecule has 1 saturated heterocycles. The monoisotopic (exact) mass is 426 g/mol. The molecule has 156 valence electrons. The lowest BCUT2D eigenvalue weighted by atomic mass is 10.1. The Morgan fingerprint density at radius 3 is 2.10 bits per heavy atom. The molecule has 0 saturated carbocycles. The molecule has 30 heavy (non-hydrogen) atoms. The second-order valence-electron chi connectivity index (χ2n) is 6.44. The van der Waals surface area contributed by atoms with Gasteiger partial charge in [0.2, 0.25) is 5.75 Å². The van der Waals surface area contributed by atoms with Crippen LogP contribution in [0.2, 0.25) is 0 Å². The van der Waals surface area contributed by atoms with Gasteiger partial charge in [-0.3, -0.25) is 19.8 Å². The van der Waals surface area contributed by atoms with Gasteiger partial charge >= 0.3 is 0 Å². The van der Waals surface area contributed by atoms with Gasteiger partial charge in [0.15, 0.2) is 16.6 Å². The number of nitrogens with zero attached hydrogens (tertiary/aromatic N) is 1. The summed E-state index contributed by atoms with van der Waals surface area (Å²) < 4.78 is 16.0. The van der Waals surface area contributed by atoms with Gasteiger partial charge in [0.25, 0.3) is 11.8 Å². The molecule has 0 atom stereocenters. The second-order valence-corrected chi connectivity index (χ2v) is 6.82. The Morgan fingerprint density at radius 1 is 1.00 bits per heavy atom. The first-order chi connectivity index (χ1) is 14.4.